The number of para-hydroxylation sites is 1. The Morgan fingerprint density at radius 3 is 2.52 bits per heavy atom. The highest BCUT2D eigenvalue weighted by Gasteiger charge is 2.10. The van der Waals surface area contributed by atoms with E-state index in [1.807, 2.05) is 42.5 Å². The van der Waals surface area contributed by atoms with Crippen LogP contribution in [0.15, 0.2) is 42.6 Å². The zero-order valence-corrected chi connectivity index (χ0v) is 12.6. The van der Waals surface area contributed by atoms with E-state index in [0.29, 0.717) is 13.1 Å². The van der Waals surface area contributed by atoms with Crippen molar-refractivity contribution in [3.8, 4) is 12.1 Å². The molecule has 0 saturated carbocycles. The van der Waals surface area contributed by atoms with Gasteiger partial charge in [-0.15, -0.1) is 0 Å². The average molecular weight is 304 g/mol. The molecule has 0 aliphatic heterocycles. The number of aromatic nitrogens is 1. The highest BCUT2D eigenvalue weighted by molar-refractivity contribution is 5.95. The third kappa shape index (κ3) is 4.39. The minimum absolute atomic E-state index is 0.198. The highest BCUT2D eigenvalue weighted by atomic mass is 16.2. The molecule has 0 N–H and O–H groups in total. The first-order chi connectivity index (χ1) is 11.3. The van der Waals surface area contributed by atoms with Gasteiger partial charge < -0.3 is 4.90 Å². The van der Waals surface area contributed by atoms with E-state index in [1.54, 1.807) is 12.3 Å². The molecule has 0 radical (unpaired) electrons. The van der Waals surface area contributed by atoms with E-state index in [0.717, 1.165) is 16.5 Å². The Hall–Kier alpha value is -3.18. The molecule has 0 aliphatic rings. The van der Waals surface area contributed by atoms with Gasteiger partial charge in [0.2, 0.25) is 5.91 Å². The van der Waals surface area contributed by atoms with Gasteiger partial charge in [-0.1, -0.05) is 18.2 Å². The topological polar surface area (TPSA) is 80.8 Å². The van der Waals surface area contributed by atoms with E-state index < -0.39 is 0 Å². The lowest BCUT2D eigenvalue weighted by molar-refractivity contribution is -0.125. The van der Waals surface area contributed by atoms with Crippen LogP contribution >= 0.6 is 0 Å². The molecule has 23 heavy (non-hydrogen) atoms. The van der Waals surface area contributed by atoms with Crippen molar-refractivity contribution in [1.29, 1.82) is 10.5 Å². The van der Waals surface area contributed by atoms with Gasteiger partial charge in [-0.2, -0.15) is 10.5 Å². The van der Waals surface area contributed by atoms with Crippen LogP contribution < -0.4 is 0 Å². The monoisotopic (exact) mass is 304 g/mol. The maximum absolute atomic E-state index is 12.3. The Bertz CT molecular complexity index is 775. The van der Waals surface area contributed by atoms with Gasteiger partial charge in [0.25, 0.3) is 0 Å². The molecule has 0 bridgehead atoms. The van der Waals surface area contributed by atoms with Gasteiger partial charge in [-0.25, -0.2) is 0 Å². The molecule has 5 heteroatoms. The van der Waals surface area contributed by atoms with E-state index in [-0.39, 0.29) is 18.7 Å². The van der Waals surface area contributed by atoms with Gasteiger partial charge >= 0.3 is 0 Å². The van der Waals surface area contributed by atoms with Gasteiger partial charge in [-0.3, -0.25) is 9.78 Å². The lowest BCUT2D eigenvalue weighted by Crippen LogP contribution is -2.31. The quantitative estimate of drug-likeness (QED) is 0.768. The van der Waals surface area contributed by atoms with Crippen molar-refractivity contribution in [3.05, 3.63) is 48.2 Å². The molecule has 1 aromatic carbocycles. The van der Waals surface area contributed by atoms with Gasteiger partial charge in [0, 0.05) is 30.7 Å². The van der Waals surface area contributed by atoms with Crippen LogP contribution in [-0.4, -0.2) is 28.9 Å². The summed E-state index contributed by atoms with van der Waals surface area (Å²) in [6.45, 7) is 0.664. The first-order valence-electron chi connectivity index (χ1n) is 7.31. The number of pyridine rings is 1. The van der Waals surface area contributed by atoms with Crippen molar-refractivity contribution in [2.24, 2.45) is 0 Å². The van der Waals surface area contributed by atoms with Gasteiger partial charge in [0.1, 0.15) is 0 Å². The van der Waals surface area contributed by atoms with Gasteiger partial charge in [-0.05, 0) is 23.8 Å². The van der Waals surface area contributed by atoms with Crippen molar-refractivity contribution < 1.29 is 4.79 Å². The smallest absolute Gasteiger partial charge is 0.246 e. The zero-order chi connectivity index (χ0) is 16.5. The first-order valence-corrected chi connectivity index (χ1v) is 7.31. The van der Waals surface area contributed by atoms with Crippen LogP contribution in [0.5, 0.6) is 0 Å². The molecule has 1 aromatic heterocycles. The molecule has 0 atom stereocenters. The summed E-state index contributed by atoms with van der Waals surface area (Å²) >= 11 is 0. The van der Waals surface area contributed by atoms with Crippen LogP contribution in [-0.2, 0) is 4.79 Å². The van der Waals surface area contributed by atoms with E-state index in [4.69, 9.17) is 10.5 Å². The number of carbonyl (C=O) groups is 1. The van der Waals surface area contributed by atoms with Gasteiger partial charge in [0.05, 0.1) is 30.5 Å². The Labute approximate surface area is 135 Å². The summed E-state index contributed by atoms with van der Waals surface area (Å²) in [5.74, 6) is -0.198. The molecule has 5 nitrogen and oxygen atoms in total. The Balaban J connectivity index is 2.17. The first kappa shape index (κ1) is 16.2. The third-order valence-corrected chi connectivity index (χ3v) is 3.39. The van der Waals surface area contributed by atoms with E-state index >= 15 is 0 Å². The number of fused-ring (bicyclic) bond motifs is 1. The lowest BCUT2D eigenvalue weighted by Gasteiger charge is -2.18. The number of carbonyl (C=O) groups excluding carboxylic acids is 1. The predicted octanol–water partition coefficient (Wildman–Crippen LogP) is 2.90. The summed E-state index contributed by atoms with van der Waals surface area (Å²) in [5, 5.41) is 18.3. The zero-order valence-electron chi connectivity index (χ0n) is 12.6. The minimum atomic E-state index is -0.198. The van der Waals surface area contributed by atoms with E-state index in [2.05, 4.69) is 4.98 Å². The predicted molar refractivity (Wildman–Crippen MR) is 87.8 cm³/mol. The molecule has 0 aliphatic carbocycles. The summed E-state index contributed by atoms with van der Waals surface area (Å²) in [6.07, 6.45) is 5.44. The van der Waals surface area contributed by atoms with E-state index in [9.17, 15) is 4.79 Å². The number of hydrogen-bond acceptors (Lipinski definition) is 4. The van der Waals surface area contributed by atoms with Crippen LogP contribution in [0.2, 0.25) is 0 Å². The maximum Gasteiger partial charge on any atom is 0.246 e. The molecule has 1 heterocycles. The molecule has 0 spiro atoms. The Morgan fingerprint density at radius 2 is 1.83 bits per heavy atom. The van der Waals surface area contributed by atoms with E-state index in [1.165, 1.54) is 11.0 Å². The highest BCUT2D eigenvalue weighted by Crippen LogP contribution is 2.17. The summed E-state index contributed by atoms with van der Waals surface area (Å²) in [5.41, 5.74) is 1.78. The molecule has 2 rings (SSSR count). The molecule has 0 fully saturated rings. The lowest BCUT2D eigenvalue weighted by atomic mass is 10.1. The Kier molecular flexibility index (Phi) is 5.85. The van der Waals surface area contributed by atoms with Crippen LogP contribution in [0.3, 0.4) is 0 Å². The van der Waals surface area contributed by atoms with Crippen molar-refractivity contribution in [2.75, 3.05) is 13.1 Å². The SMILES string of the molecule is N#CCCN(CCC#N)C(=O)/C=C\c1ccnc2ccccc12. The molecule has 114 valence electrons. The second-order valence-corrected chi connectivity index (χ2v) is 4.89. The van der Waals surface area contributed by atoms with Crippen LogP contribution in [0.1, 0.15) is 18.4 Å². The van der Waals surface area contributed by atoms with Crippen molar-refractivity contribution >= 4 is 22.9 Å². The third-order valence-electron chi connectivity index (χ3n) is 3.39. The van der Waals surface area contributed by atoms with Crippen LogP contribution in [0.25, 0.3) is 17.0 Å². The fourth-order valence-corrected chi connectivity index (χ4v) is 2.23. The number of rotatable bonds is 6. The van der Waals surface area contributed by atoms with Crippen molar-refractivity contribution in [3.63, 3.8) is 0 Å². The largest absolute Gasteiger partial charge is 0.337 e. The summed E-state index contributed by atoms with van der Waals surface area (Å²) < 4.78 is 0. The fourth-order valence-electron chi connectivity index (χ4n) is 2.23. The molecule has 2 aromatic rings. The number of benzene rings is 1. The van der Waals surface area contributed by atoms with Crippen LogP contribution in [0, 0.1) is 22.7 Å². The summed E-state index contributed by atoms with van der Waals surface area (Å²) in [6, 6.07) is 13.6. The average Bonchev–Trinajstić information content (AvgIpc) is 2.59. The maximum atomic E-state index is 12.3. The summed E-state index contributed by atoms with van der Waals surface area (Å²) in [4.78, 5) is 18.1. The second kappa shape index (κ2) is 8.31. The number of amides is 1. The van der Waals surface area contributed by atoms with Crippen molar-refractivity contribution in [2.45, 2.75) is 12.8 Å². The number of nitriles is 2. The van der Waals surface area contributed by atoms with Gasteiger partial charge in [0.15, 0.2) is 0 Å². The molecule has 0 saturated heterocycles. The van der Waals surface area contributed by atoms with Crippen LogP contribution in [0.4, 0.5) is 0 Å². The standard InChI is InChI=1S/C18H16N4O/c19-10-3-13-22(14-4-11-20)18(23)8-7-15-9-12-21-17-6-2-1-5-16(15)17/h1-2,5-9,12H,3-4,13-14H2/b8-7-. The minimum Gasteiger partial charge on any atom is -0.337 e. The number of hydrogen-bond donors (Lipinski definition) is 0. The summed E-state index contributed by atoms with van der Waals surface area (Å²) in [7, 11) is 0. The normalized spacial score (nSPS) is 10.3. The second-order valence-electron chi connectivity index (χ2n) is 4.89. The Morgan fingerprint density at radius 1 is 1.13 bits per heavy atom. The number of nitrogens with zero attached hydrogens (tertiary/aromatic N) is 4. The molecule has 0 unspecified atom stereocenters. The fraction of sp³-hybridized carbons (Fsp3) is 0.222. The molecular formula is C18H16N4O. The molecule has 1 amide bonds. The molecular weight excluding hydrogens is 288 g/mol. The van der Waals surface area contributed by atoms with Crippen molar-refractivity contribution in [1.82, 2.24) is 9.88 Å².